The van der Waals surface area contributed by atoms with E-state index in [9.17, 15) is 0 Å². The number of rotatable bonds is 6. The average Bonchev–Trinajstić information content (AvgIpc) is 2.48. The van der Waals surface area contributed by atoms with Crippen LogP contribution in [0, 0.1) is 6.92 Å². The van der Waals surface area contributed by atoms with Crippen molar-refractivity contribution >= 4 is 6.08 Å². The van der Waals surface area contributed by atoms with Crippen LogP contribution in [0.15, 0.2) is 60.9 Å². The second kappa shape index (κ2) is 7.51. The Morgan fingerprint density at radius 2 is 1.70 bits per heavy atom. The van der Waals surface area contributed by atoms with E-state index >= 15 is 0 Å². The maximum atomic E-state index is 5.71. The highest BCUT2D eigenvalue weighted by Gasteiger charge is 2.10. The van der Waals surface area contributed by atoms with Gasteiger partial charge in [-0.15, -0.1) is 0 Å². The molecule has 2 rings (SSSR count). The fourth-order valence-electron chi connectivity index (χ4n) is 1.84. The second-order valence-corrected chi connectivity index (χ2v) is 4.55. The molecule has 104 valence electrons. The maximum absolute atomic E-state index is 5.71. The molecule has 2 aromatic carbocycles. The van der Waals surface area contributed by atoms with Crippen molar-refractivity contribution in [3.05, 3.63) is 77.5 Å². The molecule has 2 nitrogen and oxygen atoms in total. The van der Waals surface area contributed by atoms with Crippen LogP contribution in [-0.2, 0) is 9.47 Å². The van der Waals surface area contributed by atoms with Crippen molar-refractivity contribution in [1.82, 2.24) is 0 Å². The summed E-state index contributed by atoms with van der Waals surface area (Å²) in [6.07, 6.45) is 3.26. The SMILES string of the molecule is CCOC(OC=Cc1ccccc1)c1ccc(C)cc1. The van der Waals surface area contributed by atoms with E-state index in [0.29, 0.717) is 6.61 Å². The summed E-state index contributed by atoms with van der Waals surface area (Å²) in [5, 5.41) is 0. The zero-order valence-corrected chi connectivity index (χ0v) is 12.0. The van der Waals surface area contributed by atoms with E-state index in [1.165, 1.54) is 5.56 Å². The van der Waals surface area contributed by atoms with Gasteiger partial charge in [0.2, 0.25) is 6.29 Å². The molecule has 0 spiro atoms. The Kier molecular flexibility index (Phi) is 5.39. The summed E-state index contributed by atoms with van der Waals surface area (Å²) >= 11 is 0. The zero-order chi connectivity index (χ0) is 14.2. The molecule has 0 radical (unpaired) electrons. The Hall–Kier alpha value is -2.06. The topological polar surface area (TPSA) is 18.5 Å². The molecule has 0 N–H and O–H groups in total. The molecule has 2 heteroatoms. The van der Waals surface area contributed by atoms with Crippen LogP contribution in [0.3, 0.4) is 0 Å². The minimum Gasteiger partial charge on any atom is -0.468 e. The fourth-order valence-corrected chi connectivity index (χ4v) is 1.84. The van der Waals surface area contributed by atoms with Gasteiger partial charge in [0, 0.05) is 12.2 Å². The lowest BCUT2D eigenvalue weighted by Gasteiger charge is -2.16. The molecule has 0 aliphatic heterocycles. The van der Waals surface area contributed by atoms with Gasteiger partial charge in [0.15, 0.2) is 0 Å². The van der Waals surface area contributed by atoms with E-state index in [2.05, 4.69) is 19.1 Å². The Balaban J connectivity index is 2.02. The molecule has 0 fully saturated rings. The minimum absolute atomic E-state index is 0.361. The quantitative estimate of drug-likeness (QED) is 0.557. The van der Waals surface area contributed by atoms with Crippen LogP contribution in [0.25, 0.3) is 6.08 Å². The summed E-state index contributed by atoms with van der Waals surface area (Å²) in [4.78, 5) is 0. The van der Waals surface area contributed by atoms with E-state index in [1.807, 2.05) is 55.5 Å². The molecule has 20 heavy (non-hydrogen) atoms. The first-order chi connectivity index (χ1) is 9.79. The summed E-state index contributed by atoms with van der Waals surface area (Å²) in [7, 11) is 0. The van der Waals surface area contributed by atoms with E-state index in [1.54, 1.807) is 6.26 Å². The molecule has 0 saturated carbocycles. The largest absolute Gasteiger partial charge is 0.468 e. The molecular formula is C18H20O2. The normalized spacial score (nSPS) is 12.5. The summed E-state index contributed by atoms with van der Waals surface area (Å²) in [5.41, 5.74) is 3.35. The van der Waals surface area contributed by atoms with Gasteiger partial charge in [-0.05, 0) is 25.5 Å². The summed E-state index contributed by atoms with van der Waals surface area (Å²) in [5.74, 6) is 0. The van der Waals surface area contributed by atoms with Crippen molar-refractivity contribution < 1.29 is 9.47 Å². The van der Waals surface area contributed by atoms with Gasteiger partial charge in [0.1, 0.15) is 0 Å². The number of benzene rings is 2. The maximum Gasteiger partial charge on any atom is 0.225 e. The van der Waals surface area contributed by atoms with Crippen LogP contribution in [0.5, 0.6) is 0 Å². The third kappa shape index (κ3) is 4.25. The Morgan fingerprint density at radius 3 is 2.35 bits per heavy atom. The molecule has 0 aliphatic carbocycles. The first-order valence-corrected chi connectivity index (χ1v) is 6.85. The second-order valence-electron chi connectivity index (χ2n) is 4.55. The summed E-state index contributed by atoms with van der Waals surface area (Å²) in [6.45, 7) is 4.64. The van der Waals surface area contributed by atoms with Gasteiger partial charge in [-0.3, -0.25) is 0 Å². The molecule has 0 bridgehead atoms. The summed E-state index contributed by atoms with van der Waals surface area (Å²) in [6, 6.07) is 18.2. The zero-order valence-electron chi connectivity index (χ0n) is 12.0. The van der Waals surface area contributed by atoms with Gasteiger partial charge in [0.05, 0.1) is 6.26 Å². The van der Waals surface area contributed by atoms with Crippen molar-refractivity contribution in [2.24, 2.45) is 0 Å². The van der Waals surface area contributed by atoms with Crippen molar-refractivity contribution in [3.63, 3.8) is 0 Å². The Bertz CT molecular complexity index is 529. The van der Waals surface area contributed by atoms with E-state index in [4.69, 9.17) is 9.47 Å². The lowest BCUT2D eigenvalue weighted by Crippen LogP contribution is -2.05. The predicted molar refractivity (Wildman–Crippen MR) is 82.1 cm³/mol. The lowest BCUT2D eigenvalue weighted by atomic mass is 10.1. The fraction of sp³-hybridized carbons (Fsp3) is 0.222. The van der Waals surface area contributed by atoms with Crippen LogP contribution in [-0.4, -0.2) is 6.61 Å². The van der Waals surface area contributed by atoms with Crippen molar-refractivity contribution in [1.29, 1.82) is 0 Å². The third-order valence-electron chi connectivity index (χ3n) is 2.93. The molecular weight excluding hydrogens is 248 g/mol. The number of ether oxygens (including phenoxy) is 2. The highest BCUT2D eigenvalue weighted by molar-refractivity contribution is 5.47. The predicted octanol–water partition coefficient (Wildman–Crippen LogP) is 4.72. The van der Waals surface area contributed by atoms with Gasteiger partial charge in [-0.25, -0.2) is 0 Å². The molecule has 0 saturated heterocycles. The molecule has 1 atom stereocenters. The van der Waals surface area contributed by atoms with Crippen LogP contribution >= 0.6 is 0 Å². The minimum atomic E-state index is -0.361. The standard InChI is InChI=1S/C18H20O2/c1-3-19-18(17-11-9-15(2)10-12-17)20-14-13-16-7-5-4-6-8-16/h4-14,18H,3H2,1-2H3. The third-order valence-corrected chi connectivity index (χ3v) is 2.93. The van der Waals surface area contributed by atoms with Crippen LogP contribution in [0.4, 0.5) is 0 Å². The van der Waals surface area contributed by atoms with Crippen LogP contribution in [0.2, 0.25) is 0 Å². The van der Waals surface area contributed by atoms with Gasteiger partial charge in [0.25, 0.3) is 0 Å². The highest BCUT2D eigenvalue weighted by atomic mass is 16.7. The van der Waals surface area contributed by atoms with E-state index in [-0.39, 0.29) is 6.29 Å². The Morgan fingerprint density at radius 1 is 1.00 bits per heavy atom. The number of aryl methyl sites for hydroxylation is 1. The molecule has 1 unspecified atom stereocenters. The van der Waals surface area contributed by atoms with E-state index < -0.39 is 0 Å². The van der Waals surface area contributed by atoms with Crippen molar-refractivity contribution in [2.75, 3.05) is 6.61 Å². The smallest absolute Gasteiger partial charge is 0.225 e. The monoisotopic (exact) mass is 268 g/mol. The number of hydrogen-bond acceptors (Lipinski definition) is 2. The summed E-state index contributed by atoms with van der Waals surface area (Å²) < 4.78 is 11.3. The van der Waals surface area contributed by atoms with Gasteiger partial charge in [-0.1, -0.05) is 60.2 Å². The van der Waals surface area contributed by atoms with Gasteiger partial charge >= 0.3 is 0 Å². The first kappa shape index (κ1) is 14.4. The number of hydrogen-bond donors (Lipinski definition) is 0. The van der Waals surface area contributed by atoms with Crippen LogP contribution in [0.1, 0.15) is 29.9 Å². The molecule has 2 aromatic rings. The highest BCUT2D eigenvalue weighted by Crippen LogP contribution is 2.20. The molecule has 0 heterocycles. The molecule has 0 aromatic heterocycles. The Labute approximate surface area is 120 Å². The van der Waals surface area contributed by atoms with Crippen LogP contribution < -0.4 is 0 Å². The molecule has 0 amide bonds. The lowest BCUT2D eigenvalue weighted by molar-refractivity contribution is -0.105. The molecule has 0 aliphatic rings. The van der Waals surface area contributed by atoms with Crippen molar-refractivity contribution in [3.8, 4) is 0 Å². The van der Waals surface area contributed by atoms with Gasteiger partial charge < -0.3 is 9.47 Å². The first-order valence-electron chi connectivity index (χ1n) is 6.85. The average molecular weight is 268 g/mol. The van der Waals surface area contributed by atoms with Gasteiger partial charge in [-0.2, -0.15) is 0 Å². The van der Waals surface area contributed by atoms with Crippen molar-refractivity contribution in [2.45, 2.75) is 20.1 Å². The van der Waals surface area contributed by atoms with E-state index in [0.717, 1.165) is 11.1 Å².